The molecular weight excluding hydrogens is 146 g/mol. The zero-order chi connectivity index (χ0) is 8.97. The molecule has 0 spiro atoms. The molecule has 1 aliphatic heterocycles. The van der Waals surface area contributed by atoms with Gasteiger partial charge in [-0.25, -0.2) is 0 Å². The number of nitrogens with zero attached hydrogens (tertiary/aromatic N) is 1. The van der Waals surface area contributed by atoms with Crippen LogP contribution in [-0.4, -0.2) is 6.21 Å². The summed E-state index contributed by atoms with van der Waals surface area (Å²) in [6.07, 6.45) is 7.89. The molecule has 0 amide bonds. The van der Waals surface area contributed by atoms with Crippen LogP contribution in [-0.2, 0) is 0 Å². The largest absolute Gasteiger partial charge is 0.261 e. The third-order valence-corrected chi connectivity index (χ3v) is 2.11. The first-order valence-electron chi connectivity index (χ1n) is 4.30. The van der Waals surface area contributed by atoms with Gasteiger partial charge in [0.2, 0.25) is 0 Å². The molecule has 0 fully saturated rings. The average molecular weight is 161 g/mol. The lowest BCUT2D eigenvalue weighted by Gasteiger charge is -2.01. The van der Waals surface area contributed by atoms with E-state index in [9.17, 15) is 0 Å². The molecule has 0 aromatic carbocycles. The van der Waals surface area contributed by atoms with E-state index >= 15 is 0 Å². The Hall–Kier alpha value is -1.11. The van der Waals surface area contributed by atoms with E-state index in [4.69, 9.17) is 0 Å². The molecule has 0 aromatic heterocycles. The van der Waals surface area contributed by atoms with Crippen molar-refractivity contribution in [2.24, 2.45) is 10.9 Å². The molecule has 1 rings (SSSR count). The lowest BCUT2D eigenvalue weighted by Crippen LogP contribution is -1.92. The molecule has 0 saturated carbocycles. The Morgan fingerprint density at radius 3 is 2.83 bits per heavy atom. The fourth-order valence-electron chi connectivity index (χ4n) is 1.27. The molecule has 1 heterocycles. The zero-order valence-electron chi connectivity index (χ0n) is 7.59. The van der Waals surface area contributed by atoms with Crippen LogP contribution in [0, 0.1) is 5.92 Å². The van der Waals surface area contributed by atoms with Crippen LogP contribution in [0.15, 0.2) is 41.6 Å². The van der Waals surface area contributed by atoms with Gasteiger partial charge in [-0.05, 0) is 30.4 Å². The van der Waals surface area contributed by atoms with E-state index in [2.05, 4.69) is 25.1 Å². The first-order chi connectivity index (χ1) is 5.77. The Labute approximate surface area is 74.2 Å². The molecule has 64 valence electrons. The van der Waals surface area contributed by atoms with Crippen LogP contribution < -0.4 is 0 Å². The standard InChI is InChI=1S/C11H15N/c1-4-10-7-6-9(3)8-12-11(10)5-2/h4-5,8-9H,1-2,6-7H2,3H3. The number of rotatable bonds is 2. The van der Waals surface area contributed by atoms with E-state index in [1.165, 1.54) is 5.57 Å². The van der Waals surface area contributed by atoms with Crippen molar-refractivity contribution in [3.8, 4) is 0 Å². The van der Waals surface area contributed by atoms with Crippen LogP contribution in [0.3, 0.4) is 0 Å². The van der Waals surface area contributed by atoms with Crippen LogP contribution in [0.5, 0.6) is 0 Å². The van der Waals surface area contributed by atoms with Crippen molar-refractivity contribution in [2.45, 2.75) is 19.8 Å². The van der Waals surface area contributed by atoms with Crippen LogP contribution in [0.4, 0.5) is 0 Å². The van der Waals surface area contributed by atoms with Crippen LogP contribution in [0.25, 0.3) is 0 Å². The van der Waals surface area contributed by atoms with E-state index < -0.39 is 0 Å². The third-order valence-electron chi connectivity index (χ3n) is 2.11. The maximum absolute atomic E-state index is 4.34. The summed E-state index contributed by atoms with van der Waals surface area (Å²) in [5, 5.41) is 0. The summed E-state index contributed by atoms with van der Waals surface area (Å²) in [4.78, 5) is 4.34. The van der Waals surface area contributed by atoms with Gasteiger partial charge >= 0.3 is 0 Å². The van der Waals surface area contributed by atoms with Crippen molar-refractivity contribution >= 4 is 6.21 Å². The molecule has 0 saturated heterocycles. The maximum atomic E-state index is 4.34. The first kappa shape index (κ1) is 8.98. The topological polar surface area (TPSA) is 12.4 Å². The molecule has 0 aromatic rings. The highest BCUT2D eigenvalue weighted by molar-refractivity contribution is 5.63. The second kappa shape index (κ2) is 4.05. The van der Waals surface area contributed by atoms with E-state index in [-0.39, 0.29) is 0 Å². The predicted octanol–water partition coefficient (Wildman–Crippen LogP) is 3.11. The van der Waals surface area contributed by atoms with Gasteiger partial charge in [0.1, 0.15) is 0 Å². The quantitative estimate of drug-likeness (QED) is 0.590. The van der Waals surface area contributed by atoms with Gasteiger partial charge in [-0.1, -0.05) is 26.2 Å². The molecule has 0 N–H and O–H groups in total. The molecule has 1 atom stereocenters. The Balaban J connectivity index is 2.93. The number of hydrogen-bond acceptors (Lipinski definition) is 1. The maximum Gasteiger partial charge on any atom is 0.0651 e. The van der Waals surface area contributed by atoms with Crippen molar-refractivity contribution in [3.63, 3.8) is 0 Å². The van der Waals surface area contributed by atoms with Gasteiger partial charge in [0, 0.05) is 6.21 Å². The van der Waals surface area contributed by atoms with E-state index in [1.807, 2.05) is 12.3 Å². The second-order valence-corrected chi connectivity index (χ2v) is 3.11. The molecule has 1 nitrogen and oxygen atoms in total. The summed E-state index contributed by atoms with van der Waals surface area (Å²) in [6.45, 7) is 9.68. The van der Waals surface area contributed by atoms with Crippen LogP contribution >= 0.6 is 0 Å². The normalized spacial score (nSPS) is 23.6. The second-order valence-electron chi connectivity index (χ2n) is 3.11. The first-order valence-corrected chi connectivity index (χ1v) is 4.30. The smallest absolute Gasteiger partial charge is 0.0651 e. The van der Waals surface area contributed by atoms with Gasteiger partial charge in [-0.3, -0.25) is 4.99 Å². The minimum Gasteiger partial charge on any atom is -0.261 e. The van der Waals surface area contributed by atoms with E-state index in [1.54, 1.807) is 6.08 Å². The SMILES string of the molecule is C=CC1=C(C=C)N=CC(C)CC1. The lowest BCUT2D eigenvalue weighted by atomic mass is 10.0. The van der Waals surface area contributed by atoms with Crippen LogP contribution in [0.2, 0.25) is 0 Å². The minimum atomic E-state index is 0.567. The molecule has 12 heavy (non-hydrogen) atoms. The Morgan fingerprint density at radius 1 is 1.50 bits per heavy atom. The summed E-state index contributed by atoms with van der Waals surface area (Å²) in [6, 6.07) is 0. The minimum absolute atomic E-state index is 0.567. The number of hydrogen-bond donors (Lipinski definition) is 0. The van der Waals surface area contributed by atoms with Gasteiger partial charge in [-0.2, -0.15) is 0 Å². The highest BCUT2D eigenvalue weighted by Crippen LogP contribution is 2.20. The predicted molar refractivity (Wildman–Crippen MR) is 54.3 cm³/mol. The highest BCUT2D eigenvalue weighted by Gasteiger charge is 2.07. The summed E-state index contributed by atoms with van der Waals surface area (Å²) in [5.41, 5.74) is 2.19. The molecular formula is C11H15N. The third kappa shape index (κ3) is 1.94. The highest BCUT2D eigenvalue weighted by atomic mass is 14.7. The van der Waals surface area contributed by atoms with Gasteiger partial charge in [-0.15, -0.1) is 0 Å². The summed E-state index contributed by atoms with van der Waals surface area (Å²) < 4.78 is 0. The molecule has 1 aliphatic rings. The van der Waals surface area contributed by atoms with Gasteiger partial charge < -0.3 is 0 Å². The van der Waals surface area contributed by atoms with E-state index in [0.29, 0.717) is 5.92 Å². The van der Waals surface area contributed by atoms with Gasteiger partial charge in [0.25, 0.3) is 0 Å². The molecule has 0 radical (unpaired) electrons. The average Bonchev–Trinajstić information content (AvgIpc) is 2.27. The molecule has 0 bridgehead atoms. The number of allylic oxidation sites excluding steroid dienone is 3. The van der Waals surface area contributed by atoms with Crippen LogP contribution in [0.1, 0.15) is 19.8 Å². The van der Waals surface area contributed by atoms with Gasteiger partial charge in [0.15, 0.2) is 0 Å². The monoisotopic (exact) mass is 161 g/mol. The Bertz CT molecular complexity index is 246. The van der Waals surface area contributed by atoms with Gasteiger partial charge in [0.05, 0.1) is 5.70 Å². The van der Waals surface area contributed by atoms with E-state index in [0.717, 1.165) is 18.5 Å². The summed E-state index contributed by atoms with van der Waals surface area (Å²) >= 11 is 0. The fourth-order valence-corrected chi connectivity index (χ4v) is 1.27. The van der Waals surface area contributed by atoms with Crippen molar-refractivity contribution in [2.75, 3.05) is 0 Å². The zero-order valence-corrected chi connectivity index (χ0v) is 7.59. The lowest BCUT2D eigenvalue weighted by molar-refractivity contribution is 0.702. The summed E-state index contributed by atoms with van der Waals surface area (Å²) in [5.74, 6) is 0.567. The summed E-state index contributed by atoms with van der Waals surface area (Å²) in [7, 11) is 0. The van der Waals surface area contributed by atoms with Crippen molar-refractivity contribution in [1.82, 2.24) is 0 Å². The van der Waals surface area contributed by atoms with Crippen molar-refractivity contribution < 1.29 is 0 Å². The van der Waals surface area contributed by atoms with Crippen molar-refractivity contribution in [3.05, 3.63) is 36.6 Å². The Morgan fingerprint density at radius 2 is 2.25 bits per heavy atom. The molecule has 1 heteroatoms. The Kier molecular flexibility index (Phi) is 3.03. The molecule has 1 unspecified atom stereocenters. The molecule has 0 aliphatic carbocycles. The fraction of sp³-hybridized carbons (Fsp3) is 0.364. The van der Waals surface area contributed by atoms with Crippen molar-refractivity contribution in [1.29, 1.82) is 0 Å². The number of aliphatic imine (C=N–C) groups is 1.